The van der Waals surface area contributed by atoms with Crippen molar-refractivity contribution in [3.05, 3.63) is 65.0 Å². The summed E-state index contributed by atoms with van der Waals surface area (Å²) in [6.07, 6.45) is 0. The summed E-state index contributed by atoms with van der Waals surface area (Å²) in [5, 5.41) is 14.8. The molecule has 0 aromatic heterocycles. The monoisotopic (exact) mass is 317 g/mol. The van der Waals surface area contributed by atoms with Crippen LogP contribution >= 0.6 is 0 Å². The minimum absolute atomic E-state index is 0.0775. The Morgan fingerprint density at radius 1 is 1.30 bits per heavy atom. The number of oxime groups is 1. The molecule has 0 aliphatic heterocycles. The fraction of sp³-hybridized carbons (Fsp3) is 0.125. The van der Waals surface area contributed by atoms with E-state index in [2.05, 4.69) is 10.5 Å². The van der Waals surface area contributed by atoms with Gasteiger partial charge in [-0.05, 0) is 29.8 Å². The van der Waals surface area contributed by atoms with Crippen molar-refractivity contribution in [3.8, 4) is 0 Å². The van der Waals surface area contributed by atoms with E-state index in [1.807, 2.05) is 0 Å². The maximum atomic E-state index is 12.9. The second kappa shape index (κ2) is 7.26. The summed E-state index contributed by atoms with van der Waals surface area (Å²) in [5.41, 5.74) is 7.61. The molecule has 0 saturated carbocycles. The second-order valence-electron chi connectivity index (χ2n) is 4.72. The molecule has 120 valence electrons. The molecule has 0 spiro atoms. The number of ether oxygens (including phenoxy) is 1. The van der Waals surface area contributed by atoms with Crippen molar-refractivity contribution < 1.29 is 19.1 Å². The largest absolute Gasteiger partial charge is 0.465 e. The molecule has 0 radical (unpaired) electrons. The van der Waals surface area contributed by atoms with E-state index in [-0.39, 0.29) is 11.7 Å². The predicted octanol–water partition coefficient (Wildman–Crippen LogP) is 2.32. The van der Waals surface area contributed by atoms with Gasteiger partial charge in [0.05, 0.1) is 12.7 Å². The van der Waals surface area contributed by atoms with Gasteiger partial charge in [0.1, 0.15) is 5.82 Å². The number of hydrogen-bond donors (Lipinski definition) is 3. The van der Waals surface area contributed by atoms with Crippen LogP contribution in [0.1, 0.15) is 21.5 Å². The molecule has 2 aromatic carbocycles. The van der Waals surface area contributed by atoms with E-state index in [1.54, 1.807) is 24.3 Å². The molecule has 0 aliphatic rings. The van der Waals surface area contributed by atoms with Crippen molar-refractivity contribution in [3.63, 3.8) is 0 Å². The van der Waals surface area contributed by atoms with Crippen LogP contribution in [0.2, 0.25) is 0 Å². The normalized spacial score (nSPS) is 11.1. The van der Waals surface area contributed by atoms with Gasteiger partial charge in [-0.2, -0.15) is 0 Å². The smallest absolute Gasteiger partial charge is 0.339 e. The van der Waals surface area contributed by atoms with Crippen LogP contribution in [0, 0.1) is 5.82 Å². The Hall–Kier alpha value is -3.09. The number of benzene rings is 2. The maximum Gasteiger partial charge on any atom is 0.339 e. The quantitative estimate of drug-likeness (QED) is 0.258. The predicted molar refractivity (Wildman–Crippen MR) is 84.0 cm³/mol. The van der Waals surface area contributed by atoms with E-state index < -0.39 is 5.97 Å². The number of amidine groups is 1. The lowest BCUT2D eigenvalue weighted by atomic mass is 10.1. The van der Waals surface area contributed by atoms with Gasteiger partial charge >= 0.3 is 5.97 Å². The molecule has 0 aliphatic carbocycles. The Kier molecular flexibility index (Phi) is 5.14. The average Bonchev–Trinajstić information content (AvgIpc) is 2.59. The first kappa shape index (κ1) is 16.3. The van der Waals surface area contributed by atoms with Crippen molar-refractivity contribution in [2.45, 2.75) is 6.54 Å². The van der Waals surface area contributed by atoms with Crippen molar-refractivity contribution in [2.75, 3.05) is 12.4 Å². The zero-order valence-electron chi connectivity index (χ0n) is 12.4. The van der Waals surface area contributed by atoms with Gasteiger partial charge in [-0.25, -0.2) is 9.18 Å². The highest BCUT2D eigenvalue weighted by atomic mass is 19.1. The number of carbonyl (C=O) groups is 1. The lowest BCUT2D eigenvalue weighted by molar-refractivity contribution is 0.0602. The molecule has 6 nitrogen and oxygen atoms in total. The summed E-state index contributed by atoms with van der Waals surface area (Å²) < 4.78 is 17.6. The van der Waals surface area contributed by atoms with Gasteiger partial charge < -0.3 is 21.0 Å². The van der Waals surface area contributed by atoms with Crippen LogP contribution in [0.25, 0.3) is 0 Å². The highest BCUT2D eigenvalue weighted by Gasteiger charge is 2.13. The number of nitrogens with zero attached hydrogens (tertiary/aromatic N) is 1. The zero-order valence-corrected chi connectivity index (χ0v) is 12.4. The number of anilines is 1. The van der Waals surface area contributed by atoms with Crippen LogP contribution in [0.3, 0.4) is 0 Å². The minimum Gasteiger partial charge on any atom is -0.465 e. The van der Waals surface area contributed by atoms with Gasteiger partial charge in [0.15, 0.2) is 5.84 Å². The van der Waals surface area contributed by atoms with Crippen molar-refractivity contribution in [1.82, 2.24) is 0 Å². The van der Waals surface area contributed by atoms with Gasteiger partial charge in [0.2, 0.25) is 0 Å². The first-order valence-electron chi connectivity index (χ1n) is 6.73. The van der Waals surface area contributed by atoms with Gasteiger partial charge in [-0.15, -0.1) is 0 Å². The number of nitrogens with one attached hydrogen (secondary N) is 1. The summed E-state index contributed by atoms with van der Waals surface area (Å²) >= 11 is 0. The van der Waals surface area contributed by atoms with Crippen LogP contribution in [0.15, 0.2) is 47.6 Å². The molecule has 0 bridgehead atoms. The van der Waals surface area contributed by atoms with E-state index >= 15 is 0 Å². The number of methoxy groups -OCH3 is 1. The van der Waals surface area contributed by atoms with Crippen molar-refractivity contribution >= 4 is 17.5 Å². The van der Waals surface area contributed by atoms with E-state index in [0.717, 1.165) is 5.56 Å². The number of esters is 1. The van der Waals surface area contributed by atoms with Crippen LogP contribution in [-0.4, -0.2) is 24.1 Å². The molecule has 0 unspecified atom stereocenters. The second-order valence-corrected chi connectivity index (χ2v) is 4.72. The highest BCUT2D eigenvalue weighted by molar-refractivity contribution is 6.01. The Morgan fingerprint density at radius 2 is 2.00 bits per heavy atom. The SMILES string of the molecule is COC(=O)c1ccc(C(N)=NO)cc1NCc1ccc(F)cc1. The van der Waals surface area contributed by atoms with E-state index in [9.17, 15) is 9.18 Å². The summed E-state index contributed by atoms with van der Waals surface area (Å²) in [7, 11) is 1.28. The summed E-state index contributed by atoms with van der Waals surface area (Å²) in [6.45, 7) is 0.365. The van der Waals surface area contributed by atoms with Crippen LogP contribution in [0.5, 0.6) is 0 Å². The van der Waals surface area contributed by atoms with E-state index in [1.165, 1.54) is 25.3 Å². The third kappa shape index (κ3) is 3.97. The van der Waals surface area contributed by atoms with E-state index in [0.29, 0.717) is 23.4 Å². The molecule has 2 rings (SSSR count). The maximum absolute atomic E-state index is 12.9. The Balaban J connectivity index is 2.29. The molecule has 2 aromatic rings. The minimum atomic E-state index is -0.516. The molecular formula is C16H16FN3O3. The van der Waals surface area contributed by atoms with Crippen LogP contribution < -0.4 is 11.1 Å². The first-order chi connectivity index (χ1) is 11.0. The zero-order chi connectivity index (χ0) is 16.8. The molecule has 0 saturated heterocycles. The molecule has 7 heteroatoms. The third-order valence-electron chi connectivity index (χ3n) is 3.22. The number of rotatable bonds is 5. The highest BCUT2D eigenvalue weighted by Crippen LogP contribution is 2.20. The average molecular weight is 317 g/mol. The van der Waals surface area contributed by atoms with Gasteiger partial charge in [-0.1, -0.05) is 23.4 Å². The third-order valence-corrected chi connectivity index (χ3v) is 3.22. The Bertz CT molecular complexity index is 730. The first-order valence-corrected chi connectivity index (χ1v) is 6.73. The van der Waals surface area contributed by atoms with Crippen molar-refractivity contribution in [1.29, 1.82) is 0 Å². The summed E-state index contributed by atoms with van der Waals surface area (Å²) in [6, 6.07) is 10.6. The molecule has 0 amide bonds. The molecule has 23 heavy (non-hydrogen) atoms. The van der Waals surface area contributed by atoms with E-state index in [4.69, 9.17) is 15.7 Å². The lowest BCUT2D eigenvalue weighted by Crippen LogP contribution is -2.15. The summed E-state index contributed by atoms with van der Waals surface area (Å²) in [4.78, 5) is 11.8. The molecule has 0 atom stereocenters. The number of carbonyl (C=O) groups excluding carboxylic acids is 1. The Labute approximate surface area is 132 Å². The van der Waals surface area contributed by atoms with Crippen LogP contribution in [-0.2, 0) is 11.3 Å². The standard InChI is InChI=1S/C16H16FN3O3/c1-23-16(21)13-7-4-11(15(18)20-22)8-14(13)19-9-10-2-5-12(17)6-3-10/h2-8,19,22H,9H2,1H3,(H2,18,20). The number of nitrogens with two attached hydrogens (primary N) is 1. The summed E-state index contributed by atoms with van der Waals surface area (Å²) in [5.74, 6) is -0.915. The number of hydrogen-bond acceptors (Lipinski definition) is 5. The fourth-order valence-corrected chi connectivity index (χ4v) is 2.00. The molecular weight excluding hydrogens is 301 g/mol. The lowest BCUT2D eigenvalue weighted by Gasteiger charge is -2.12. The molecule has 0 heterocycles. The van der Waals surface area contributed by atoms with Gasteiger partial charge in [0, 0.05) is 17.8 Å². The molecule has 4 N–H and O–H groups in total. The number of halogens is 1. The Morgan fingerprint density at radius 3 is 2.61 bits per heavy atom. The molecule has 0 fully saturated rings. The van der Waals surface area contributed by atoms with Gasteiger partial charge in [-0.3, -0.25) is 0 Å². The van der Waals surface area contributed by atoms with Crippen molar-refractivity contribution in [2.24, 2.45) is 10.9 Å². The van der Waals surface area contributed by atoms with Gasteiger partial charge in [0.25, 0.3) is 0 Å². The fourth-order valence-electron chi connectivity index (χ4n) is 2.00. The van der Waals surface area contributed by atoms with Crippen LogP contribution in [0.4, 0.5) is 10.1 Å². The topological polar surface area (TPSA) is 96.9 Å².